The van der Waals surface area contributed by atoms with Crippen LogP contribution in [0.2, 0.25) is 0 Å². The van der Waals surface area contributed by atoms with Crippen LogP contribution in [0.4, 0.5) is 4.39 Å². The van der Waals surface area contributed by atoms with E-state index in [9.17, 15) is 14.4 Å². The van der Waals surface area contributed by atoms with Gasteiger partial charge in [0.05, 0.1) is 0 Å². The summed E-state index contributed by atoms with van der Waals surface area (Å²) in [6, 6.07) is 17.4. The van der Waals surface area contributed by atoms with Crippen LogP contribution in [0.25, 0.3) is 10.8 Å². The lowest BCUT2D eigenvalue weighted by atomic mass is 9.87. The molecule has 0 saturated carbocycles. The second-order valence-electron chi connectivity index (χ2n) is 10.2. The SMILES string of the molecule is O=C1CCC(N2Cc3cc(C4CCN(Cc5ccc6ccccc6c5)CC4)c(F)cc3C2=O)C(=O)N1. The maximum atomic E-state index is 15.2. The molecule has 3 heterocycles. The molecule has 2 fully saturated rings. The van der Waals surface area contributed by atoms with Crippen LogP contribution in [-0.4, -0.2) is 46.7 Å². The fourth-order valence-corrected chi connectivity index (χ4v) is 5.92. The van der Waals surface area contributed by atoms with Crippen molar-refractivity contribution >= 4 is 28.5 Å². The Morgan fingerprint density at radius 3 is 2.47 bits per heavy atom. The molecule has 0 spiro atoms. The summed E-state index contributed by atoms with van der Waals surface area (Å²) in [5.41, 5.74) is 3.04. The normalized spacial score (nSPS) is 21.2. The van der Waals surface area contributed by atoms with Crippen LogP contribution < -0.4 is 5.32 Å². The second-order valence-corrected chi connectivity index (χ2v) is 10.2. The number of benzene rings is 3. The van der Waals surface area contributed by atoms with E-state index in [4.69, 9.17) is 0 Å². The molecule has 7 heteroatoms. The van der Waals surface area contributed by atoms with E-state index in [1.165, 1.54) is 27.3 Å². The Labute approximate surface area is 209 Å². The Hall–Kier alpha value is -3.58. The van der Waals surface area contributed by atoms with Gasteiger partial charge in [0.1, 0.15) is 11.9 Å². The number of rotatable bonds is 4. The number of carbonyl (C=O) groups excluding carboxylic acids is 3. The number of nitrogens with zero attached hydrogens (tertiary/aromatic N) is 2. The molecule has 0 radical (unpaired) electrons. The molecule has 3 aromatic carbocycles. The lowest BCUT2D eigenvalue weighted by Crippen LogP contribution is -2.52. The van der Waals surface area contributed by atoms with Crippen molar-refractivity contribution in [3.8, 4) is 0 Å². The van der Waals surface area contributed by atoms with Gasteiger partial charge in [-0.05, 0) is 77.9 Å². The van der Waals surface area contributed by atoms with Gasteiger partial charge in [-0.2, -0.15) is 0 Å². The Morgan fingerprint density at radius 2 is 1.69 bits per heavy atom. The molecule has 3 aliphatic heterocycles. The summed E-state index contributed by atoms with van der Waals surface area (Å²) >= 11 is 0. The van der Waals surface area contributed by atoms with Crippen molar-refractivity contribution in [2.24, 2.45) is 0 Å². The molecular formula is C29H28FN3O3. The highest BCUT2D eigenvalue weighted by Crippen LogP contribution is 2.35. The van der Waals surface area contributed by atoms with Crippen molar-refractivity contribution in [2.75, 3.05) is 13.1 Å². The van der Waals surface area contributed by atoms with E-state index in [1.54, 1.807) is 0 Å². The molecule has 1 unspecified atom stereocenters. The van der Waals surface area contributed by atoms with Crippen molar-refractivity contribution in [3.63, 3.8) is 0 Å². The molecular weight excluding hydrogens is 457 g/mol. The second kappa shape index (κ2) is 9.13. The first kappa shape index (κ1) is 22.9. The molecule has 1 N–H and O–H groups in total. The zero-order valence-electron chi connectivity index (χ0n) is 20.0. The third kappa shape index (κ3) is 4.17. The first-order valence-corrected chi connectivity index (χ1v) is 12.6. The number of halogens is 1. The minimum atomic E-state index is -0.688. The van der Waals surface area contributed by atoms with Gasteiger partial charge >= 0.3 is 0 Å². The lowest BCUT2D eigenvalue weighted by Gasteiger charge is -2.32. The minimum absolute atomic E-state index is 0.0999. The van der Waals surface area contributed by atoms with E-state index >= 15 is 4.39 Å². The number of carbonyl (C=O) groups is 3. The van der Waals surface area contributed by atoms with E-state index in [0.717, 1.165) is 38.0 Å². The monoisotopic (exact) mass is 485 g/mol. The van der Waals surface area contributed by atoms with Crippen molar-refractivity contribution in [1.82, 2.24) is 15.1 Å². The lowest BCUT2D eigenvalue weighted by molar-refractivity contribution is -0.136. The number of hydrogen-bond acceptors (Lipinski definition) is 4. The van der Waals surface area contributed by atoms with Crippen molar-refractivity contribution in [2.45, 2.75) is 50.7 Å². The minimum Gasteiger partial charge on any atom is -0.322 e. The number of imide groups is 1. The van der Waals surface area contributed by atoms with E-state index in [2.05, 4.69) is 46.6 Å². The molecule has 0 aromatic heterocycles. The summed E-state index contributed by atoms with van der Waals surface area (Å²) in [6.07, 6.45) is 2.21. The highest BCUT2D eigenvalue weighted by molar-refractivity contribution is 6.05. The van der Waals surface area contributed by atoms with Crippen LogP contribution in [0.5, 0.6) is 0 Å². The number of likely N-dealkylation sites (tertiary alicyclic amines) is 1. The van der Waals surface area contributed by atoms with Crippen molar-refractivity contribution in [1.29, 1.82) is 0 Å². The number of piperidine rings is 2. The van der Waals surface area contributed by atoms with Crippen LogP contribution in [0.15, 0.2) is 54.6 Å². The Balaban J connectivity index is 1.13. The molecule has 1 atom stereocenters. The average Bonchev–Trinajstić information content (AvgIpc) is 3.19. The van der Waals surface area contributed by atoms with Gasteiger partial charge in [0.2, 0.25) is 11.8 Å². The summed E-state index contributed by atoms with van der Waals surface area (Å²) in [5, 5.41) is 4.79. The first-order valence-electron chi connectivity index (χ1n) is 12.6. The van der Waals surface area contributed by atoms with Gasteiger partial charge in [-0.1, -0.05) is 42.5 Å². The first-order chi connectivity index (χ1) is 17.5. The number of amides is 3. The van der Waals surface area contributed by atoms with E-state index in [0.29, 0.717) is 17.5 Å². The van der Waals surface area contributed by atoms with Gasteiger partial charge < -0.3 is 4.90 Å². The van der Waals surface area contributed by atoms with Crippen molar-refractivity contribution in [3.05, 3.63) is 82.7 Å². The van der Waals surface area contributed by atoms with Gasteiger partial charge in [-0.25, -0.2) is 4.39 Å². The highest BCUT2D eigenvalue weighted by atomic mass is 19.1. The number of hydrogen-bond donors (Lipinski definition) is 1. The van der Waals surface area contributed by atoms with Gasteiger partial charge in [-0.15, -0.1) is 0 Å². The topological polar surface area (TPSA) is 69.7 Å². The molecule has 3 aliphatic rings. The fourth-order valence-electron chi connectivity index (χ4n) is 5.92. The maximum absolute atomic E-state index is 15.2. The maximum Gasteiger partial charge on any atom is 0.255 e. The molecule has 36 heavy (non-hydrogen) atoms. The van der Waals surface area contributed by atoms with Gasteiger partial charge in [0, 0.05) is 25.1 Å². The molecule has 0 aliphatic carbocycles. The quantitative estimate of drug-likeness (QED) is 0.565. The van der Waals surface area contributed by atoms with Crippen LogP contribution in [0.3, 0.4) is 0 Å². The average molecular weight is 486 g/mol. The predicted molar refractivity (Wildman–Crippen MR) is 134 cm³/mol. The van der Waals surface area contributed by atoms with Gasteiger partial charge in [0.25, 0.3) is 5.91 Å². The largest absolute Gasteiger partial charge is 0.322 e. The number of fused-ring (bicyclic) bond motifs is 2. The molecule has 0 bridgehead atoms. The fraction of sp³-hybridized carbons (Fsp3) is 0.345. The highest BCUT2D eigenvalue weighted by Gasteiger charge is 2.40. The molecule has 3 aromatic rings. The smallest absolute Gasteiger partial charge is 0.255 e. The summed E-state index contributed by atoms with van der Waals surface area (Å²) < 4.78 is 15.2. The van der Waals surface area contributed by atoms with Crippen LogP contribution in [0.1, 0.15) is 58.6 Å². The third-order valence-electron chi connectivity index (χ3n) is 7.89. The summed E-state index contributed by atoms with van der Waals surface area (Å²) in [5.74, 6) is -1.36. The molecule has 184 valence electrons. The van der Waals surface area contributed by atoms with Crippen molar-refractivity contribution < 1.29 is 18.8 Å². The van der Waals surface area contributed by atoms with Crippen LogP contribution >= 0.6 is 0 Å². The zero-order chi connectivity index (χ0) is 24.8. The molecule has 2 saturated heterocycles. The van der Waals surface area contributed by atoms with E-state index in [1.807, 2.05) is 12.1 Å². The molecule has 3 amide bonds. The summed E-state index contributed by atoms with van der Waals surface area (Å²) in [7, 11) is 0. The molecule has 6 rings (SSSR count). The number of nitrogens with one attached hydrogen (secondary N) is 1. The van der Waals surface area contributed by atoms with Gasteiger partial charge in [-0.3, -0.25) is 24.6 Å². The standard InChI is InChI=1S/C29H28FN3O3/c30-25-15-24-22(17-33(29(24)36)26-7-8-27(34)31-28(26)35)14-23(25)20-9-11-32(12-10-20)16-18-5-6-19-3-1-2-4-21(19)13-18/h1-6,13-15,20,26H,7-12,16-17H2,(H,31,34,35). The Morgan fingerprint density at radius 1 is 0.917 bits per heavy atom. The van der Waals surface area contributed by atoms with Crippen LogP contribution in [0, 0.1) is 5.82 Å². The third-order valence-corrected chi connectivity index (χ3v) is 7.89. The van der Waals surface area contributed by atoms with Gasteiger partial charge in [0.15, 0.2) is 0 Å². The predicted octanol–water partition coefficient (Wildman–Crippen LogP) is 4.12. The Bertz CT molecular complexity index is 1380. The Kier molecular flexibility index (Phi) is 5.80. The van der Waals surface area contributed by atoms with E-state index < -0.39 is 11.9 Å². The summed E-state index contributed by atoms with van der Waals surface area (Å²) in [6.45, 7) is 2.92. The van der Waals surface area contributed by atoms with E-state index in [-0.39, 0.29) is 36.5 Å². The van der Waals surface area contributed by atoms with Crippen LogP contribution in [-0.2, 0) is 22.7 Å². The summed E-state index contributed by atoms with van der Waals surface area (Å²) in [4.78, 5) is 40.6. The zero-order valence-corrected chi connectivity index (χ0v) is 20.0. The molecule has 6 nitrogen and oxygen atoms in total.